The zero-order valence-electron chi connectivity index (χ0n) is 10.4. The van der Waals surface area contributed by atoms with Gasteiger partial charge in [0.25, 0.3) is 0 Å². The van der Waals surface area contributed by atoms with Crippen LogP contribution in [-0.2, 0) is 11.0 Å². The van der Waals surface area contributed by atoms with E-state index in [1.165, 1.54) is 6.07 Å². The molecule has 1 unspecified atom stereocenters. The molecule has 0 saturated heterocycles. The van der Waals surface area contributed by atoms with E-state index in [4.69, 9.17) is 17.3 Å². The summed E-state index contributed by atoms with van der Waals surface area (Å²) in [5.74, 6) is -0.707. The lowest BCUT2D eigenvalue weighted by atomic mass is 10.0. The highest BCUT2D eigenvalue weighted by Crippen LogP contribution is 2.34. The Hall–Kier alpha value is -1.43. The quantitative estimate of drug-likeness (QED) is 0.895. The summed E-state index contributed by atoms with van der Waals surface area (Å²) in [6, 6.07) is 2.19. The molecule has 1 atom stereocenters. The average Bonchev–Trinajstić information content (AvgIpc) is 2.24. The van der Waals surface area contributed by atoms with Crippen molar-refractivity contribution in [3.8, 4) is 0 Å². The SMILES string of the molecule is CC(C)C(Nc1ccc(C(F)(F)F)cc1Cl)C(N)=O. The van der Waals surface area contributed by atoms with Crippen LogP contribution in [0.4, 0.5) is 18.9 Å². The molecule has 3 nitrogen and oxygen atoms in total. The lowest BCUT2D eigenvalue weighted by molar-refractivity contribution is -0.137. The fraction of sp³-hybridized carbons (Fsp3) is 0.417. The molecule has 1 aromatic rings. The van der Waals surface area contributed by atoms with E-state index in [1.54, 1.807) is 13.8 Å². The van der Waals surface area contributed by atoms with E-state index >= 15 is 0 Å². The molecule has 0 aliphatic rings. The fourth-order valence-corrected chi connectivity index (χ4v) is 1.78. The molecular formula is C12H14ClF3N2O. The second-order valence-corrected chi connectivity index (χ2v) is 4.87. The van der Waals surface area contributed by atoms with Gasteiger partial charge in [-0.25, -0.2) is 0 Å². The summed E-state index contributed by atoms with van der Waals surface area (Å²) in [4.78, 5) is 11.2. The van der Waals surface area contributed by atoms with Crippen LogP contribution >= 0.6 is 11.6 Å². The fourth-order valence-electron chi connectivity index (χ4n) is 1.54. The largest absolute Gasteiger partial charge is 0.416 e. The van der Waals surface area contributed by atoms with Gasteiger partial charge in [0.15, 0.2) is 0 Å². The van der Waals surface area contributed by atoms with Gasteiger partial charge in [0.05, 0.1) is 16.3 Å². The predicted molar refractivity (Wildman–Crippen MR) is 67.9 cm³/mol. The number of hydrogen-bond donors (Lipinski definition) is 2. The predicted octanol–water partition coefficient (Wildman–Crippen LogP) is 3.28. The number of alkyl halides is 3. The maximum atomic E-state index is 12.5. The highest BCUT2D eigenvalue weighted by Gasteiger charge is 2.31. The van der Waals surface area contributed by atoms with Gasteiger partial charge in [-0.05, 0) is 24.1 Å². The summed E-state index contributed by atoms with van der Waals surface area (Å²) in [6.07, 6.45) is -4.46. The number of hydrogen-bond acceptors (Lipinski definition) is 2. The van der Waals surface area contributed by atoms with E-state index in [0.29, 0.717) is 0 Å². The van der Waals surface area contributed by atoms with Crippen LogP contribution in [0.3, 0.4) is 0 Å². The van der Waals surface area contributed by atoms with Crippen LogP contribution in [0.15, 0.2) is 18.2 Å². The number of amides is 1. The van der Waals surface area contributed by atoms with E-state index in [9.17, 15) is 18.0 Å². The summed E-state index contributed by atoms with van der Waals surface area (Å²) < 4.78 is 37.4. The Kier molecular flexibility index (Phi) is 4.68. The van der Waals surface area contributed by atoms with Crippen molar-refractivity contribution in [1.29, 1.82) is 0 Å². The van der Waals surface area contributed by atoms with Crippen molar-refractivity contribution in [2.45, 2.75) is 26.1 Å². The van der Waals surface area contributed by atoms with Crippen molar-refractivity contribution in [2.75, 3.05) is 5.32 Å². The number of rotatable bonds is 4. The molecular weight excluding hydrogens is 281 g/mol. The molecule has 0 aliphatic heterocycles. The van der Waals surface area contributed by atoms with Crippen LogP contribution in [0.1, 0.15) is 19.4 Å². The van der Waals surface area contributed by atoms with Crippen molar-refractivity contribution in [3.63, 3.8) is 0 Å². The van der Waals surface area contributed by atoms with Crippen molar-refractivity contribution in [2.24, 2.45) is 11.7 Å². The lowest BCUT2D eigenvalue weighted by Crippen LogP contribution is -2.39. The van der Waals surface area contributed by atoms with Gasteiger partial charge in [-0.2, -0.15) is 13.2 Å². The van der Waals surface area contributed by atoms with E-state index in [0.717, 1.165) is 12.1 Å². The number of carbonyl (C=O) groups is 1. The molecule has 0 fully saturated rings. The van der Waals surface area contributed by atoms with E-state index in [-0.39, 0.29) is 16.6 Å². The smallest absolute Gasteiger partial charge is 0.372 e. The molecule has 7 heteroatoms. The third kappa shape index (κ3) is 4.02. The molecule has 1 rings (SSSR count). The molecule has 3 N–H and O–H groups in total. The van der Waals surface area contributed by atoms with E-state index in [2.05, 4.69) is 5.32 Å². The lowest BCUT2D eigenvalue weighted by Gasteiger charge is -2.21. The summed E-state index contributed by atoms with van der Waals surface area (Å²) in [5.41, 5.74) is 4.61. The van der Waals surface area contributed by atoms with Gasteiger partial charge < -0.3 is 11.1 Å². The number of nitrogens with one attached hydrogen (secondary N) is 1. The molecule has 0 heterocycles. The maximum Gasteiger partial charge on any atom is 0.416 e. The minimum absolute atomic E-state index is 0.110. The molecule has 106 valence electrons. The highest BCUT2D eigenvalue weighted by atomic mass is 35.5. The third-order valence-corrected chi connectivity index (χ3v) is 2.89. The monoisotopic (exact) mass is 294 g/mol. The highest BCUT2D eigenvalue weighted by molar-refractivity contribution is 6.33. The Morgan fingerprint density at radius 3 is 2.32 bits per heavy atom. The van der Waals surface area contributed by atoms with Gasteiger partial charge in [0.2, 0.25) is 5.91 Å². The molecule has 19 heavy (non-hydrogen) atoms. The molecule has 0 radical (unpaired) electrons. The van der Waals surface area contributed by atoms with Crippen LogP contribution in [0.5, 0.6) is 0 Å². The van der Waals surface area contributed by atoms with Gasteiger partial charge in [-0.3, -0.25) is 4.79 Å². The first-order valence-electron chi connectivity index (χ1n) is 5.55. The zero-order chi connectivity index (χ0) is 14.8. The van der Waals surface area contributed by atoms with Crippen LogP contribution in [0.25, 0.3) is 0 Å². The number of benzene rings is 1. The van der Waals surface area contributed by atoms with Crippen LogP contribution in [-0.4, -0.2) is 11.9 Å². The Labute approximate surface area is 113 Å². The molecule has 0 saturated carbocycles. The average molecular weight is 295 g/mol. The second kappa shape index (κ2) is 5.69. The van der Waals surface area contributed by atoms with Gasteiger partial charge in [0.1, 0.15) is 6.04 Å². The Balaban J connectivity index is 3.00. The first-order chi connectivity index (χ1) is 8.62. The molecule has 1 aromatic carbocycles. The van der Waals surface area contributed by atoms with Crippen molar-refractivity contribution in [3.05, 3.63) is 28.8 Å². The number of halogens is 4. The number of anilines is 1. The molecule has 1 amide bonds. The molecule has 0 aliphatic carbocycles. The first-order valence-corrected chi connectivity index (χ1v) is 5.93. The number of nitrogens with two attached hydrogens (primary N) is 1. The molecule has 0 spiro atoms. The van der Waals surface area contributed by atoms with Crippen molar-refractivity contribution < 1.29 is 18.0 Å². The minimum Gasteiger partial charge on any atom is -0.372 e. The molecule has 0 bridgehead atoms. The molecule has 0 aromatic heterocycles. The Bertz CT molecular complexity index is 475. The van der Waals surface area contributed by atoms with Gasteiger partial charge in [-0.1, -0.05) is 25.4 Å². The van der Waals surface area contributed by atoms with Gasteiger partial charge in [-0.15, -0.1) is 0 Å². The van der Waals surface area contributed by atoms with Crippen LogP contribution < -0.4 is 11.1 Å². The van der Waals surface area contributed by atoms with Crippen LogP contribution in [0.2, 0.25) is 5.02 Å². The van der Waals surface area contributed by atoms with Crippen molar-refractivity contribution in [1.82, 2.24) is 0 Å². The maximum absolute atomic E-state index is 12.5. The first kappa shape index (κ1) is 15.6. The van der Waals surface area contributed by atoms with E-state index < -0.39 is 23.7 Å². The topological polar surface area (TPSA) is 55.1 Å². The Morgan fingerprint density at radius 1 is 1.37 bits per heavy atom. The van der Waals surface area contributed by atoms with E-state index in [1.807, 2.05) is 0 Å². The number of primary amides is 1. The third-order valence-electron chi connectivity index (χ3n) is 2.58. The summed E-state index contributed by atoms with van der Waals surface area (Å²) in [5, 5.41) is 2.64. The summed E-state index contributed by atoms with van der Waals surface area (Å²) in [7, 11) is 0. The van der Waals surface area contributed by atoms with Crippen LogP contribution in [0, 0.1) is 5.92 Å². The summed E-state index contributed by atoms with van der Waals surface area (Å²) >= 11 is 5.77. The van der Waals surface area contributed by atoms with Gasteiger partial charge in [0, 0.05) is 0 Å². The van der Waals surface area contributed by atoms with Gasteiger partial charge >= 0.3 is 6.18 Å². The minimum atomic E-state index is -4.46. The number of carbonyl (C=O) groups excluding carboxylic acids is 1. The summed E-state index contributed by atoms with van der Waals surface area (Å²) in [6.45, 7) is 3.53. The second-order valence-electron chi connectivity index (χ2n) is 4.46. The van der Waals surface area contributed by atoms with Crippen molar-refractivity contribution >= 4 is 23.2 Å². The Morgan fingerprint density at radius 2 is 1.95 bits per heavy atom. The standard InChI is InChI=1S/C12H14ClF3N2O/c1-6(2)10(11(17)19)18-9-4-3-7(5-8(9)13)12(14,15)16/h3-6,10,18H,1-2H3,(H2,17,19). The zero-order valence-corrected chi connectivity index (χ0v) is 11.1. The normalized spacial score (nSPS) is 13.4.